The second-order valence-electron chi connectivity index (χ2n) is 3.48. The van der Waals surface area contributed by atoms with Crippen molar-refractivity contribution in [3.8, 4) is 0 Å². The maximum absolute atomic E-state index is 11.6. The molecule has 1 fully saturated rings. The van der Waals surface area contributed by atoms with Gasteiger partial charge in [0.1, 0.15) is 11.5 Å². The number of nitrogen functional groups attached to an aromatic ring is 1. The Morgan fingerprint density at radius 1 is 1.69 bits per heavy atom. The van der Waals surface area contributed by atoms with Crippen LogP contribution in [-0.4, -0.2) is 45.2 Å². The van der Waals surface area contributed by atoms with Crippen molar-refractivity contribution in [3.63, 3.8) is 0 Å². The number of nitrogens with zero attached hydrogens (tertiary/aromatic N) is 1. The van der Waals surface area contributed by atoms with E-state index in [1.54, 1.807) is 0 Å². The lowest BCUT2D eigenvalue weighted by molar-refractivity contribution is 0.0949. The molecule has 16 heavy (non-hydrogen) atoms. The Hall–Kier alpha value is -0.820. The quantitative estimate of drug-likeness (QED) is 0.738. The van der Waals surface area contributed by atoms with Gasteiger partial charge in [0, 0.05) is 35.1 Å². The van der Waals surface area contributed by atoms with Crippen LogP contribution in [0.2, 0.25) is 0 Å². The molecular formula is C9H14N4OS2. The Kier molecular flexibility index (Phi) is 4.00. The summed E-state index contributed by atoms with van der Waals surface area (Å²) in [5.74, 6) is 3.69. The lowest BCUT2D eigenvalue weighted by Crippen LogP contribution is -2.33. The molecule has 1 aliphatic heterocycles. The van der Waals surface area contributed by atoms with Gasteiger partial charge in [-0.2, -0.15) is 28.6 Å². The number of nitrogens with one attached hydrogen (secondary N) is 2. The number of rotatable bonds is 3. The number of anilines is 1. The molecule has 7 heteroatoms. The summed E-state index contributed by atoms with van der Waals surface area (Å²) in [5, 5.41) is 9.71. The minimum absolute atomic E-state index is 0.139. The van der Waals surface area contributed by atoms with Gasteiger partial charge in [0.05, 0.1) is 0 Å². The topological polar surface area (TPSA) is 83.8 Å². The normalized spacial score (nSPS) is 20.6. The lowest BCUT2D eigenvalue weighted by Gasteiger charge is -2.20. The maximum Gasteiger partial charge on any atom is 0.269 e. The fraction of sp³-hybridized carbons (Fsp3) is 0.556. The highest BCUT2D eigenvalue weighted by Crippen LogP contribution is 2.23. The van der Waals surface area contributed by atoms with Crippen molar-refractivity contribution in [2.24, 2.45) is 0 Å². The number of thioether (sulfide) groups is 2. The van der Waals surface area contributed by atoms with Crippen LogP contribution in [0.25, 0.3) is 0 Å². The molecule has 1 saturated heterocycles. The van der Waals surface area contributed by atoms with Crippen LogP contribution in [0.1, 0.15) is 10.5 Å². The fourth-order valence-corrected chi connectivity index (χ4v) is 4.02. The van der Waals surface area contributed by atoms with Crippen molar-refractivity contribution in [2.75, 3.05) is 29.5 Å². The standard InChI is InChI=1S/C9H14N4OS2/c10-8-3-7(12-13-8)9(14)11-4-6-5-15-1-2-16-6/h3,6H,1-2,4-5H2,(H,11,14)(H3,10,12,13). The van der Waals surface area contributed by atoms with Gasteiger partial charge in [-0.1, -0.05) is 0 Å². The summed E-state index contributed by atoms with van der Waals surface area (Å²) in [6.07, 6.45) is 0. The Morgan fingerprint density at radius 2 is 2.56 bits per heavy atom. The smallest absolute Gasteiger partial charge is 0.269 e. The summed E-state index contributed by atoms with van der Waals surface area (Å²) in [7, 11) is 0. The van der Waals surface area contributed by atoms with Crippen LogP contribution < -0.4 is 11.1 Å². The van der Waals surface area contributed by atoms with Gasteiger partial charge in [0.15, 0.2) is 0 Å². The van der Waals surface area contributed by atoms with E-state index >= 15 is 0 Å². The molecule has 0 saturated carbocycles. The summed E-state index contributed by atoms with van der Waals surface area (Å²) in [5.41, 5.74) is 5.85. The molecule has 1 aromatic heterocycles. The molecule has 5 nitrogen and oxygen atoms in total. The first-order chi connectivity index (χ1) is 7.75. The predicted octanol–water partition coefficient (Wildman–Crippen LogP) is 0.570. The number of aromatic nitrogens is 2. The van der Waals surface area contributed by atoms with Gasteiger partial charge in [-0.25, -0.2) is 0 Å². The van der Waals surface area contributed by atoms with E-state index in [2.05, 4.69) is 15.5 Å². The van der Waals surface area contributed by atoms with Gasteiger partial charge in [-0.05, 0) is 0 Å². The molecule has 0 radical (unpaired) electrons. The van der Waals surface area contributed by atoms with Crippen LogP contribution in [-0.2, 0) is 0 Å². The molecular weight excluding hydrogens is 244 g/mol. The molecule has 4 N–H and O–H groups in total. The first-order valence-electron chi connectivity index (χ1n) is 5.04. The summed E-state index contributed by atoms with van der Waals surface area (Å²) in [6, 6.07) is 1.54. The summed E-state index contributed by atoms with van der Waals surface area (Å²) < 4.78 is 0. The highest BCUT2D eigenvalue weighted by atomic mass is 32.2. The zero-order valence-corrected chi connectivity index (χ0v) is 10.4. The van der Waals surface area contributed by atoms with E-state index < -0.39 is 0 Å². The van der Waals surface area contributed by atoms with E-state index in [-0.39, 0.29) is 5.91 Å². The zero-order chi connectivity index (χ0) is 11.4. The SMILES string of the molecule is Nc1cc(C(=O)NCC2CSCCS2)[nH]n1. The molecule has 1 aromatic rings. The molecule has 1 unspecified atom stereocenters. The van der Waals surface area contributed by atoms with Crippen LogP contribution in [0, 0.1) is 0 Å². The Labute approximate surface area is 102 Å². The highest BCUT2D eigenvalue weighted by molar-refractivity contribution is 8.06. The molecule has 0 bridgehead atoms. The Bertz CT molecular complexity index is 362. The second-order valence-corrected chi connectivity index (χ2v) is 6.04. The largest absolute Gasteiger partial charge is 0.382 e. The molecule has 2 heterocycles. The molecule has 1 atom stereocenters. The van der Waals surface area contributed by atoms with E-state index in [0.29, 0.717) is 23.3 Å². The summed E-state index contributed by atoms with van der Waals surface area (Å²) in [4.78, 5) is 11.6. The average Bonchev–Trinajstić information content (AvgIpc) is 2.74. The molecule has 88 valence electrons. The van der Waals surface area contributed by atoms with Crippen molar-refractivity contribution in [2.45, 2.75) is 5.25 Å². The van der Waals surface area contributed by atoms with E-state index in [0.717, 1.165) is 5.75 Å². The number of carbonyl (C=O) groups is 1. The number of carbonyl (C=O) groups excluding carboxylic acids is 1. The van der Waals surface area contributed by atoms with Gasteiger partial charge in [0.2, 0.25) is 0 Å². The number of H-pyrrole nitrogens is 1. The van der Waals surface area contributed by atoms with E-state index in [4.69, 9.17) is 5.73 Å². The molecule has 0 aliphatic carbocycles. The maximum atomic E-state index is 11.6. The van der Waals surface area contributed by atoms with Gasteiger partial charge in [0.25, 0.3) is 5.91 Å². The second kappa shape index (κ2) is 5.49. The molecule has 2 rings (SSSR count). The molecule has 0 spiro atoms. The van der Waals surface area contributed by atoms with Gasteiger partial charge in [-0.15, -0.1) is 0 Å². The van der Waals surface area contributed by atoms with Gasteiger partial charge >= 0.3 is 0 Å². The van der Waals surface area contributed by atoms with E-state index in [9.17, 15) is 4.79 Å². The molecule has 1 aliphatic rings. The van der Waals surface area contributed by atoms with Crippen molar-refractivity contribution in [1.82, 2.24) is 15.5 Å². The van der Waals surface area contributed by atoms with Crippen LogP contribution in [0.4, 0.5) is 5.82 Å². The van der Waals surface area contributed by atoms with E-state index in [1.807, 2.05) is 23.5 Å². The first kappa shape index (κ1) is 11.7. The molecule has 1 amide bonds. The third-order valence-electron chi connectivity index (χ3n) is 2.22. The predicted molar refractivity (Wildman–Crippen MR) is 68.9 cm³/mol. The van der Waals surface area contributed by atoms with Gasteiger partial charge in [-0.3, -0.25) is 9.89 Å². The van der Waals surface area contributed by atoms with Crippen LogP contribution >= 0.6 is 23.5 Å². The third-order valence-corrected chi connectivity index (χ3v) is 5.06. The number of hydrogen-bond donors (Lipinski definition) is 3. The van der Waals surface area contributed by atoms with Crippen molar-refractivity contribution < 1.29 is 4.79 Å². The number of aromatic amines is 1. The number of hydrogen-bond acceptors (Lipinski definition) is 5. The van der Waals surface area contributed by atoms with E-state index in [1.165, 1.54) is 17.6 Å². The minimum atomic E-state index is -0.139. The summed E-state index contributed by atoms with van der Waals surface area (Å²) >= 11 is 3.86. The summed E-state index contributed by atoms with van der Waals surface area (Å²) in [6.45, 7) is 0.704. The fourth-order valence-electron chi connectivity index (χ4n) is 1.41. The van der Waals surface area contributed by atoms with Crippen molar-refractivity contribution in [1.29, 1.82) is 0 Å². The van der Waals surface area contributed by atoms with Crippen LogP contribution in [0.3, 0.4) is 0 Å². The Balaban J connectivity index is 1.79. The lowest BCUT2D eigenvalue weighted by atomic mass is 10.4. The van der Waals surface area contributed by atoms with Gasteiger partial charge < -0.3 is 11.1 Å². The molecule has 0 aromatic carbocycles. The monoisotopic (exact) mass is 258 g/mol. The average molecular weight is 258 g/mol. The van der Waals surface area contributed by atoms with Crippen LogP contribution in [0.15, 0.2) is 6.07 Å². The number of nitrogens with two attached hydrogens (primary N) is 1. The third kappa shape index (κ3) is 3.08. The Morgan fingerprint density at radius 3 is 3.19 bits per heavy atom. The highest BCUT2D eigenvalue weighted by Gasteiger charge is 2.16. The zero-order valence-electron chi connectivity index (χ0n) is 8.73. The number of amides is 1. The van der Waals surface area contributed by atoms with Crippen molar-refractivity contribution in [3.05, 3.63) is 11.8 Å². The first-order valence-corrected chi connectivity index (χ1v) is 7.24. The minimum Gasteiger partial charge on any atom is -0.382 e. The van der Waals surface area contributed by atoms with Crippen LogP contribution in [0.5, 0.6) is 0 Å². The van der Waals surface area contributed by atoms with Crippen molar-refractivity contribution >= 4 is 35.2 Å².